The minimum atomic E-state index is -0.460. The molecule has 0 N–H and O–H groups in total. The van der Waals surface area contributed by atoms with E-state index in [9.17, 15) is 4.79 Å². The monoisotopic (exact) mass is 375 g/mol. The molecule has 1 amide bonds. The first-order chi connectivity index (χ1) is 12.6. The summed E-state index contributed by atoms with van der Waals surface area (Å²) >= 11 is 0. The first-order valence-corrected chi connectivity index (χ1v) is 9.55. The number of rotatable bonds is 4. The Morgan fingerprint density at radius 1 is 1.26 bits per heavy atom. The lowest BCUT2D eigenvalue weighted by Crippen LogP contribution is -2.45. The first kappa shape index (κ1) is 20.2. The van der Waals surface area contributed by atoms with Crippen LogP contribution in [0.1, 0.15) is 40.2 Å². The summed E-state index contributed by atoms with van der Waals surface area (Å²) in [4.78, 5) is 14.6. The molecule has 27 heavy (non-hydrogen) atoms. The Labute approximate surface area is 162 Å². The Hall–Kier alpha value is -1.57. The molecular formula is C20H30BNO5. The zero-order chi connectivity index (χ0) is 19.8. The molecule has 1 atom stereocenters. The van der Waals surface area contributed by atoms with Gasteiger partial charge in [0.05, 0.1) is 37.4 Å². The molecule has 1 aromatic rings. The van der Waals surface area contributed by atoms with Crippen LogP contribution in [0.3, 0.4) is 0 Å². The average molecular weight is 375 g/mol. The normalized spacial score (nSPS) is 24.1. The number of ether oxygens (including phenoxy) is 2. The predicted molar refractivity (Wildman–Crippen MR) is 104 cm³/mol. The third-order valence-electron chi connectivity index (χ3n) is 5.77. The smallest absolute Gasteiger partial charge is 0.494 e. The van der Waals surface area contributed by atoms with Crippen LogP contribution in [0.2, 0.25) is 0 Å². The van der Waals surface area contributed by atoms with Crippen LogP contribution in [0.5, 0.6) is 5.75 Å². The summed E-state index contributed by atoms with van der Waals surface area (Å²) in [5.41, 5.74) is 0.927. The molecule has 0 bridgehead atoms. The highest BCUT2D eigenvalue weighted by atomic mass is 16.7. The van der Waals surface area contributed by atoms with Crippen molar-refractivity contribution >= 4 is 18.5 Å². The molecule has 0 unspecified atom stereocenters. The van der Waals surface area contributed by atoms with Crippen LogP contribution in [0.25, 0.3) is 0 Å². The van der Waals surface area contributed by atoms with Gasteiger partial charge < -0.3 is 23.7 Å². The summed E-state index contributed by atoms with van der Waals surface area (Å²) in [6.45, 7) is 11.9. The van der Waals surface area contributed by atoms with E-state index in [1.807, 2.05) is 57.7 Å². The van der Waals surface area contributed by atoms with Crippen LogP contribution < -0.4 is 10.2 Å². The third kappa shape index (κ3) is 4.15. The summed E-state index contributed by atoms with van der Waals surface area (Å²) in [6.07, 6.45) is 0.351. The Kier molecular flexibility index (Phi) is 5.57. The maximum Gasteiger partial charge on any atom is 0.494 e. The van der Waals surface area contributed by atoms with Gasteiger partial charge in [0.15, 0.2) is 0 Å². The van der Waals surface area contributed by atoms with Gasteiger partial charge in [0.1, 0.15) is 5.75 Å². The zero-order valence-electron chi connectivity index (χ0n) is 17.2. The number of methoxy groups -OCH3 is 1. The van der Waals surface area contributed by atoms with Crippen molar-refractivity contribution in [3.63, 3.8) is 0 Å². The Morgan fingerprint density at radius 3 is 2.52 bits per heavy atom. The summed E-state index contributed by atoms with van der Waals surface area (Å²) < 4.78 is 23.3. The number of carbonyl (C=O) groups is 1. The second-order valence-corrected chi connectivity index (χ2v) is 8.36. The highest BCUT2D eigenvalue weighted by molar-refractivity contribution is 6.62. The van der Waals surface area contributed by atoms with E-state index in [0.717, 1.165) is 11.0 Å². The maximum atomic E-state index is 12.8. The molecule has 6 nitrogen and oxygen atoms in total. The fraction of sp³-hybridized carbons (Fsp3) is 0.650. The Balaban J connectivity index is 1.79. The Morgan fingerprint density at radius 2 is 1.93 bits per heavy atom. The van der Waals surface area contributed by atoms with Gasteiger partial charge in [-0.1, -0.05) is 12.1 Å². The van der Waals surface area contributed by atoms with E-state index < -0.39 is 18.3 Å². The quantitative estimate of drug-likeness (QED) is 0.751. The minimum Gasteiger partial charge on any atom is -0.496 e. The van der Waals surface area contributed by atoms with Gasteiger partial charge in [0, 0.05) is 18.7 Å². The highest BCUT2D eigenvalue weighted by Crippen LogP contribution is 2.36. The van der Waals surface area contributed by atoms with Crippen molar-refractivity contribution in [3.05, 3.63) is 23.8 Å². The molecule has 2 fully saturated rings. The summed E-state index contributed by atoms with van der Waals surface area (Å²) in [6, 6.07) is 5.78. The standard InChI is InChI=1S/C20H30BNO5/c1-14-13-22(9-10-25-14)18(23)12-15-11-16(7-8-17(15)24-6)21-26-19(2,3)20(4,5)27-21/h7-8,11,14H,9-10,12-13H2,1-6H3/t14-/m1/s1. The highest BCUT2D eigenvalue weighted by Gasteiger charge is 2.51. The van der Waals surface area contributed by atoms with Crippen molar-refractivity contribution in [1.29, 1.82) is 0 Å². The lowest BCUT2D eigenvalue weighted by Gasteiger charge is -2.32. The van der Waals surface area contributed by atoms with Crippen LogP contribution in [0, 0.1) is 0 Å². The molecule has 0 radical (unpaired) electrons. The predicted octanol–water partition coefficient (Wildman–Crippen LogP) is 1.78. The number of benzene rings is 1. The molecule has 0 saturated carbocycles. The lowest BCUT2D eigenvalue weighted by molar-refractivity contribution is -0.137. The number of hydrogen-bond donors (Lipinski definition) is 0. The second-order valence-electron chi connectivity index (χ2n) is 8.36. The van der Waals surface area contributed by atoms with Gasteiger partial charge >= 0.3 is 7.12 Å². The van der Waals surface area contributed by atoms with Crippen molar-refractivity contribution in [2.24, 2.45) is 0 Å². The zero-order valence-corrected chi connectivity index (χ0v) is 17.2. The average Bonchev–Trinajstić information content (AvgIpc) is 2.82. The van der Waals surface area contributed by atoms with Crippen LogP contribution in [0.15, 0.2) is 18.2 Å². The maximum absolute atomic E-state index is 12.8. The molecular weight excluding hydrogens is 345 g/mol. The largest absolute Gasteiger partial charge is 0.496 e. The van der Waals surface area contributed by atoms with E-state index in [-0.39, 0.29) is 18.4 Å². The number of hydrogen-bond acceptors (Lipinski definition) is 5. The summed E-state index contributed by atoms with van der Waals surface area (Å²) in [5, 5.41) is 0. The van der Waals surface area contributed by atoms with E-state index in [1.54, 1.807) is 7.11 Å². The van der Waals surface area contributed by atoms with Gasteiger partial charge in [0.25, 0.3) is 0 Å². The topological polar surface area (TPSA) is 57.2 Å². The fourth-order valence-corrected chi connectivity index (χ4v) is 3.38. The number of nitrogens with zero attached hydrogens (tertiary/aromatic N) is 1. The van der Waals surface area contributed by atoms with Crippen molar-refractivity contribution in [3.8, 4) is 5.75 Å². The molecule has 148 valence electrons. The van der Waals surface area contributed by atoms with Gasteiger partial charge in [-0.25, -0.2) is 0 Å². The number of carbonyl (C=O) groups excluding carboxylic acids is 1. The van der Waals surface area contributed by atoms with Crippen LogP contribution in [-0.4, -0.2) is 62.0 Å². The molecule has 2 saturated heterocycles. The molecule has 0 aromatic heterocycles. The second kappa shape index (κ2) is 7.45. The molecule has 7 heteroatoms. The van der Waals surface area contributed by atoms with Crippen LogP contribution >= 0.6 is 0 Å². The molecule has 2 aliphatic rings. The minimum absolute atomic E-state index is 0.0701. The van der Waals surface area contributed by atoms with E-state index in [0.29, 0.717) is 25.4 Å². The number of amides is 1. The molecule has 3 rings (SSSR count). The van der Waals surface area contributed by atoms with E-state index in [1.165, 1.54) is 0 Å². The molecule has 2 aliphatic heterocycles. The van der Waals surface area contributed by atoms with Crippen LogP contribution in [-0.2, 0) is 25.3 Å². The number of morpholine rings is 1. The first-order valence-electron chi connectivity index (χ1n) is 9.55. The van der Waals surface area contributed by atoms with Crippen molar-refractivity contribution in [1.82, 2.24) is 4.90 Å². The van der Waals surface area contributed by atoms with E-state index in [2.05, 4.69) is 0 Å². The van der Waals surface area contributed by atoms with Crippen molar-refractivity contribution < 1.29 is 23.6 Å². The molecule has 0 aliphatic carbocycles. The Bertz CT molecular complexity index is 690. The third-order valence-corrected chi connectivity index (χ3v) is 5.77. The molecule has 2 heterocycles. The summed E-state index contributed by atoms with van der Waals surface area (Å²) in [7, 11) is 1.16. The fourth-order valence-electron chi connectivity index (χ4n) is 3.38. The van der Waals surface area contributed by atoms with E-state index >= 15 is 0 Å². The molecule has 0 spiro atoms. The van der Waals surface area contributed by atoms with Crippen molar-refractivity contribution in [2.75, 3.05) is 26.8 Å². The lowest BCUT2D eigenvalue weighted by atomic mass is 9.78. The van der Waals surface area contributed by atoms with Crippen molar-refractivity contribution in [2.45, 2.75) is 58.3 Å². The van der Waals surface area contributed by atoms with Gasteiger partial charge in [-0.15, -0.1) is 0 Å². The van der Waals surface area contributed by atoms with Crippen LogP contribution in [0.4, 0.5) is 0 Å². The van der Waals surface area contributed by atoms with Gasteiger partial charge in [0.2, 0.25) is 5.91 Å². The van der Waals surface area contributed by atoms with E-state index in [4.69, 9.17) is 18.8 Å². The van der Waals surface area contributed by atoms with Gasteiger partial charge in [-0.3, -0.25) is 4.79 Å². The SMILES string of the molecule is COc1ccc(B2OC(C)(C)C(C)(C)O2)cc1CC(=O)N1CCO[C@H](C)C1. The molecule has 1 aromatic carbocycles. The van der Waals surface area contributed by atoms with Gasteiger partial charge in [-0.2, -0.15) is 0 Å². The van der Waals surface area contributed by atoms with Gasteiger partial charge in [-0.05, 0) is 46.1 Å². The summed E-state index contributed by atoms with van der Waals surface area (Å²) in [5.74, 6) is 0.777.